The van der Waals surface area contributed by atoms with Gasteiger partial charge in [-0.25, -0.2) is 4.79 Å². The summed E-state index contributed by atoms with van der Waals surface area (Å²) in [5, 5.41) is 38.8. The lowest BCUT2D eigenvalue weighted by molar-refractivity contribution is -0.286. The van der Waals surface area contributed by atoms with E-state index < -0.39 is 53.4 Å². The van der Waals surface area contributed by atoms with Crippen LogP contribution in [-0.2, 0) is 42.0 Å². The molecule has 39 heavy (non-hydrogen) atoms. The quantitative estimate of drug-likeness (QED) is 0.190. The van der Waals surface area contributed by atoms with Crippen LogP contribution in [0.4, 0.5) is 0 Å². The van der Waals surface area contributed by atoms with Gasteiger partial charge in [0.25, 0.3) is 0 Å². The highest BCUT2D eigenvalue weighted by Crippen LogP contribution is 2.24. The number of hydrogen-bond acceptors (Lipinski definition) is 8. The summed E-state index contributed by atoms with van der Waals surface area (Å²) in [6.45, 7) is 0. The average molecular weight is 563 g/mol. The van der Waals surface area contributed by atoms with Gasteiger partial charge in [-0.1, -0.05) is 73.5 Å². The fraction of sp³-hybridized carbons (Fsp3) is 0.517. The van der Waals surface area contributed by atoms with Crippen molar-refractivity contribution in [3.63, 3.8) is 0 Å². The molecule has 1 saturated heterocycles. The van der Waals surface area contributed by atoms with Crippen molar-refractivity contribution in [3.8, 4) is 0 Å². The van der Waals surface area contributed by atoms with Gasteiger partial charge in [0.2, 0.25) is 6.29 Å². The minimum Gasteiger partial charge on any atom is -0.479 e. The Morgan fingerprint density at radius 1 is 0.846 bits per heavy atom. The van der Waals surface area contributed by atoms with Gasteiger partial charge >= 0.3 is 11.9 Å². The minimum atomic E-state index is -1.85. The van der Waals surface area contributed by atoms with Gasteiger partial charge in [-0.3, -0.25) is 9.00 Å². The third kappa shape index (κ3) is 10.1. The summed E-state index contributed by atoms with van der Waals surface area (Å²) >= 11 is 0. The molecular formula is C29H38O9S. The largest absolute Gasteiger partial charge is 0.479 e. The molecular weight excluding hydrogens is 524 g/mol. The van der Waals surface area contributed by atoms with E-state index in [0.29, 0.717) is 23.8 Å². The van der Waals surface area contributed by atoms with Gasteiger partial charge in [0.1, 0.15) is 18.3 Å². The van der Waals surface area contributed by atoms with Crippen molar-refractivity contribution >= 4 is 22.7 Å². The third-order valence-corrected chi connectivity index (χ3v) is 8.26. The van der Waals surface area contributed by atoms with Gasteiger partial charge in [-0.2, -0.15) is 0 Å². The highest BCUT2D eigenvalue weighted by Gasteiger charge is 2.48. The molecule has 1 heterocycles. The van der Waals surface area contributed by atoms with E-state index in [2.05, 4.69) is 12.1 Å². The number of carboxylic acids is 1. The molecule has 0 amide bonds. The third-order valence-electron chi connectivity index (χ3n) is 6.91. The second kappa shape index (κ2) is 15.8. The fourth-order valence-electron chi connectivity index (χ4n) is 4.62. The number of aryl methyl sites for hydroxylation is 1. The van der Waals surface area contributed by atoms with Crippen molar-refractivity contribution in [3.05, 3.63) is 71.8 Å². The number of carboxylic acid groups (broad SMARTS) is 1. The maximum atomic E-state index is 12.7. The molecule has 2 aromatic carbocycles. The Morgan fingerprint density at radius 3 is 2.13 bits per heavy atom. The Balaban J connectivity index is 1.45. The van der Waals surface area contributed by atoms with Gasteiger partial charge < -0.3 is 29.9 Å². The van der Waals surface area contributed by atoms with Crippen LogP contribution in [0.25, 0.3) is 0 Å². The molecule has 0 bridgehead atoms. The van der Waals surface area contributed by atoms with Crippen LogP contribution in [0.15, 0.2) is 60.7 Å². The van der Waals surface area contributed by atoms with Gasteiger partial charge in [-0.15, -0.1) is 0 Å². The second-order valence-corrected chi connectivity index (χ2v) is 11.5. The van der Waals surface area contributed by atoms with E-state index in [0.717, 1.165) is 37.7 Å². The van der Waals surface area contributed by atoms with Gasteiger partial charge in [0, 0.05) is 28.7 Å². The highest BCUT2D eigenvalue weighted by molar-refractivity contribution is 7.84. The number of carbonyl (C=O) groups excluding carboxylic acids is 1. The first-order valence-corrected chi connectivity index (χ1v) is 14.8. The van der Waals surface area contributed by atoms with E-state index in [1.54, 1.807) is 0 Å². The van der Waals surface area contributed by atoms with Crippen molar-refractivity contribution in [1.82, 2.24) is 0 Å². The van der Waals surface area contributed by atoms with E-state index in [-0.39, 0.29) is 6.42 Å². The molecule has 4 N–H and O–H groups in total. The van der Waals surface area contributed by atoms with Crippen LogP contribution in [0.3, 0.4) is 0 Å². The molecule has 0 aromatic heterocycles. The Kier molecular flexibility index (Phi) is 12.5. The summed E-state index contributed by atoms with van der Waals surface area (Å²) in [5.41, 5.74) is 2.30. The van der Waals surface area contributed by atoms with Crippen molar-refractivity contribution in [2.24, 2.45) is 5.92 Å². The van der Waals surface area contributed by atoms with E-state index in [1.165, 1.54) is 5.56 Å². The number of aliphatic hydroxyl groups is 3. The van der Waals surface area contributed by atoms with E-state index in [1.807, 2.05) is 48.5 Å². The summed E-state index contributed by atoms with van der Waals surface area (Å²) < 4.78 is 22.7. The molecule has 1 aliphatic rings. The molecule has 214 valence electrons. The van der Waals surface area contributed by atoms with Crippen LogP contribution in [0.1, 0.15) is 49.7 Å². The molecule has 0 spiro atoms. The summed E-state index contributed by atoms with van der Waals surface area (Å²) in [4.78, 5) is 23.5. The van der Waals surface area contributed by atoms with E-state index in [9.17, 15) is 29.1 Å². The number of aliphatic carboxylic acids is 1. The number of carbonyl (C=O) groups is 2. The van der Waals surface area contributed by atoms with Gasteiger partial charge in [0.05, 0.1) is 0 Å². The summed E-state index contributed by atoms with van der Waals surface area (Å²) in [7, 11) is -0.966. The smallest absolute Gasteiger partial charge is 0.335 e. The molecule has 7 atom stereocenters. The standard InChI is InChI=1S/C29H38O9S/c30-23(37-29-26(33)24(31)25(32)27(38-29)28(34)35)14-8-7-11-21(16-15-20-9-3-1-4-10-20)17-18-39(36)19-22-12-5-2-6-13-22/h1-6,9-10,12-13,21,24-27,29,31-33H,7-8,11,14-19H2,(H,34,35). The number of ether oxygens (including phenoxy) is 2. The maximum absolute atomic E-state index is 12.7. The van der Waals surface area contributed by atoms with Crippen molar-refractivity contribution in [2.75, 3.05) is 5.75 Å². The van der Waals surface area contributed by atoms with Crippen LogP contribution >= 0.6 is 0 Å². The van der Waals surface area contributed by atoms with E-state index in [4.69, 9.17) is 14.6 Å². The number of hydrogen-bond donors (Lipinski definition) is 4. The highest BCUT2D eigenvalue weighted by atomic mass is 32.2. The minimum absolute atomic E-state index is 0.0221. The topological polar surface area (TPSA) is 151 Å². The number of aliphatic hydroxyl groups excluding tert-OH is 3. The summed E-state index contributed by atoms with van der Waals surface area (Å²) in [6.07, 6.45) is -4.17. The first-order chi connectivity index (χ1) is 18.7. The molecule has 7 unspecified atom stereocenters. The molecule has 1 fully saturated rings. The first-order valence-electron chi connectivity index (χ1n) is 13.3. The van der Waals surface area contributed by atoms with Crippen molar-refractivity contribution in [1.29, 1.82) is 0 Å². The monoisotopic (exact) mass is 562 g/mol. The van der Waals surface area contributed by atoms with Crippen LogP contribution < -0.4 is 0 Å². The predicted octanol–water partition coefficient (Wildman–Crippen LogP) is 2.57. The molecule has 0 radical (unpaired) electrons. The van der Waals surface area contributed by atoms with Crippen molar-refractivity contribution in [2.45, 2.75) is 81.4 Å². The zero-order chi connectivity index (χ0) is 28.2. The number of benzene rings is 2. The predicted molar refractivity (Wildman–Crippen MR) is 145 cm³/mol. The zero-order valence-corrected chi connectivity index (χ0v) is 22.7. The van der Waals surface area contributed by atoms with Crippen LogP contribution in [0.2, 0.25) is 0 Å². The van der Waals surface area contributed by atoms with Crippen LogP contribution in [0.5, 0.6) is 0 Å². The lowest BCUT2D eigenvalue weighted by Gasteiger charge is -2.37. The zero-order valence-electron chi connectivity index (χ0n) is 21.8. The Labute approximate surface area is 231 Å². The van der Waals surface area contributed by atoms with Gasteiger partial charge in [-0.05, 0) is 42.7 Å². The van der Waals surface area contributed by atoms with Crippen LogP contribution in [-0.4, -0.2) is 73.0 Å². The average Bonchev–Trinajstić information content (AvgIpc) is 2.93. The first kappa shape index (κ1) is 30.9. The van der Waals surface area contributed by atoms with E-state index >= 15 is 0 Å². The molecule has 9 nitrogen and oxygen atoms in total. The molecule has 2 aromatic rings. The SMILES string of the molecule is O=C(CCCCC(CCc1ccccc1)CCS(=O)Cc1ccccc1)OC1OC(C(=O)O)C(O)C(O)C1O. The summed E-state index contributed by atoms with van der Waals surface area (Å²) in [6, 6.07) is 20.0. The normalized spacial score (nSPS) is 24.5. The lowest BCUT2D eigenvalue weighted by atomic mass is 9.92. The Bertz CT molecular complexity index is 1050. The molecule has 0 aliphatic carbocycles. The Morgan fingerprint density at radius 2 is 1.49 bits per heavy atom. The molecule has 1 aliphatic heterocycles. The fourth-order valence-corrected chi connectivity index (χ4v) is 5.92. The summed E-state index contributed by atoms with van der Waals surface area (Å²) in [5.74, 6) is -0.775. The number of esters is 1. The molecule has 10 heteroatoms. The Hall–Kier alpha value is -2.63. The van der Waals surface area contributed by atoms with Crippen molar-refractivity contribution < 1.29 is 43.7 Å². The maximum Gasteiger partial charge on any atom is 0.335 e. The van der Waals surface area contributed by atoms with Gasteiger partial charge in [0.15, 0.2) is 6.10 Å². The number of rotatable bonds is 15. The number of unbranched alkanes of at least 4 members (excludes halogenated alkanes) is 1. The lowest BCUT2D eigenvalue weighted by Crippen LogP contribution is -2.60. The molecule has 3 rings (SSSR count). The van der Waals surface area contributed by atoms with Crippen LogP contribution in [0, 0.1) is 5.92 Å². The second-order valence-electron chi connectivity index (χ2n) is 9.92. The molecule has 0 saturated carbocycles.